The Labute approximate surface area is 78.2 Å². The van der Waals surface area contributed by atoms with Crippen LogP contribution >= 0.6 is 0 Å². The maximum atomic E-state index is 12.1. The average molecular weight is 213 g/mol. The highest BCUT2D eigenvalue weighted by Crippen LogP contribution is 2.06. The van der Waals surface area contributed by atoms with E-state index in [1.54, 1.807) is 12.1 Å². The Balaban J connectivity index is 0.000000292. The molecule has 1 aromatic heterocycles. The van der Waals surface area contributed by atoms with Crippen LogP contribution in [0.3, 0.4) is 0 Å². The second-order valence-electron chi connectivity index (χ2n) is 2.40. The largest absolute Gasteiger partial charge is 0.673 e. The molecule has 1 rings (SSSR count). The molecule has 1 nitrogen and oxygen atoms in total. The lowest BCUT2D eigenvalue weighted by molar-refractivity contribution is -0.843. The molecule has 0 spiro atoms. The van der Waals surface area contributed by atoms with Crippen LogP contribution in [0.1, 0.15) is 12.5 Å². The first kappa shape index (κ1) is 12.9. The van der Waals surface area contributed by atoms with Gasteiger partial charge in [0.05, 0.1) is 4.48 Å². The Bertz CT molecular complexity index is 252. The van der Waals surface area contributed by atoms with Crippen molar-refractivity contribution in [1.82, 2.24) is 0 Å². The summed E-state index contributed by atoms with van der Waals surface area (Å²) < 4.78 is 51.1. The average Bonchev–Trinajstić information content (AvgIpc) is 2.03. The lowest BCUT2D eigenvalue weighted by atomic mass is 10.2. The Morgan fingerprint density at radius 3 is 1.79 bits per heavy atom. The third-order valence-corrected chi connectivity index (χ3v) is 1.27. The van der Waals surface area contributed by atoms with E-state index in [-0.39, 0.29) is 0 Å². The maximum absolute atomic E-state index is 12.1. The van der Waals surface area contributed by atoms with E-state index in [1.165, 1.54) is 12.4 Å². The monoisotopic (exact) mass is 213 g/mol. The molecule has 0 saturated carbocycles. The SMILES string of the molecule is CCc1cc[n+](F)cc1.F[B-](F)(F)F. The number of nitrogens with zero attached hydrogens (tertiary/aromatic N) is 1. The van der Waals surface area contributed by atoms with E-state index in [2.05, 4.69) is 0 Å². The number of halogens is 5. The molecular formula is C7H9BF5N. The van der Waals surface area contributed by atoms with Gasteiger partial charge < -0.3 is 17.3 Å². The first-order chi connectivity index (χ1) is 6.33. The lowest BCUT2D eigenvalue weighted by Gasteiger charge is -1.94. The van der Waals surface area contributed by atoms with Gasteiger partial charge in [-0.2, -0.15) is 0 Å². The zero-order chi connectivity index (χ0) is 11.2. The maximum Gasteiger partial charge on any atom is 0.673 e. The van der Waals surface area contributed by atoms with Crippen LogP contribution in [0.4, 0.5) is 21.7 Å². The van der Waals surface area contributed by atoms with Gasteiger partial charge in [0.25, 0.3) is 0 Å². The molecule has 14 heavy (non-hydrogen) atoms. The van der Waals surface area contributed by atoms with Crippen molar-refractivity contribution in [2.45, 2.75) is 13.3 Å². The van der Waals surface area contributed by atoms with Gasteiger partial charge in [-0.15, -0.1) is 0 Å². The van der Waals surface area contributed by atoms with Crippen molar-refractivity contribution in [3.63, 3.8) is 0 Å². The van der Waals surface area contributed by atoms with Crippen molar-refractivity contribution in [1.29, 1.82) is 0 Å². The van der Waals surface area contributed by atoms with Gasteiger partial charge in [0.2, 0.25) is 12.4 Å². The summed E-state index contributed by atoms with van der Waals surface area (Å²) in [6.07, 6.45) is 3.76. The number of aryl methyl sites for hydroxylation is 1. The Morgan fingerprint density at radius 2 is 1.50 bits per heavy atom. The van der Waals surface area contributed by atoms with Crippen LogP contribution in [0, 0.1) is 0 Å². The summed E-state index contributed by atoms with van der Waals surface area (Å²) in [7, 11) is -6.00. The van der Waals surface area contributed by atoms with Crippen molar-refractivity contribution < 1.29 is 26.5 Å². The van der Waals surface area contributed by atoms with E-state index < -0.39 is 7.25 Å². The van der Waals surface area contributed by atoms with Crippen molar-refractivity contribution in [3.05, 3.63) is 30.1 Å². The van der Waals surface area contributed by atoms with Crippen LogP contribution in [0.5, 0.6) is 0 Å². The first-order valence-electron chi connectivity index (χ1n) is 3.86. The van der Waals surface area contributed by atoms with Gasteiger partial charge in [-0.05, 0) is 12.0 Å². The van der Waals surface area contributed by atoms with Gasteiger partial charge in [-0.3, -0.25) is 0 Å². The number of hydrogen-bond donors (Lipinski definition) is 0. The van der Waals surface area contributed by atoms with Gasteiger partial charge in [0.15, 0.2) is 0 Å². The molecule has 0 aliphatic heterocycles. The van der Waals surface area contributed by atoms with E-state index in [0.29, 0.717) is 4.79 Å². The highest BCUT2D eigenvalue weighted by molar-refractivity contribution is 6.50. The molecule has 0 aliphatic rings. The third-order valence-electron chi connectivity index (χ3n) is 1.27. The molecule has 7 heteroatoms. The molecule has 0 unspecified atom stereocenters. The summed E-state index contributed by atoms with van der Waals surface area (Å²) in [5.41, 5.74) is 1.16. The number of rotatable bonds is 1. The van der Waals surface area contributed by atoms with Crippen molar-refractivity contribution >= 4 is 7.25 Å². The molecular weight excluding hydrogens is 204 g/mol. The smallest absolute Gasteiger partial charge is 0.418 e. The standard InChI is InChI=1S/C7H9FN.BF4/c1-2-7-3-5-9(8)6-4-7;2-1(3,4)5/h3-6H,2H2,1H3;/q+1;-1. The second kappa shape index (κ2) is 5.56. The molecule has 0 radical (unpaired) electrons. The number of hydrogen-bond acceptors (Lipinski definition) is 0. The minimum absolute atomic E-state index is 0.541. The fourth-order valence-electron chi connectivity index (χ4n) is 0.675. The number of aromatic nitrogens is 1. The van der Waals surface area contributed by atoms with E-state index in [1.807, 2.05) is 6.92 Å². The summed E-state index contributed by atoms with van der Waals surface area (Å²) >= 11 is 0. The Kier molecular flexibility index (Phi) is 5.11. The quantitative estimate of drug-likeness (QED) is 0.498. The molecule has 0 bridgehead atoms. The minimum atomic E-state index is -6.00. The minimum Gasteiger partial charge on any atom is -0.418 e. The second-order valence-corrected chi connectivity index (χ2v) is 2.40. The predicted octanol–water partition coefficient (Wildman–Crippen LogP) is 2.57. The Morgan fingerprint density at radius 1 is 1.14 bits per heavy atom. The summed E-state index contributed by atoms with van der Waals surface area (Å²) in [6.45, 7) is 2.04. The fraction of sp³-hybridized carbons (Fsp3) is 0.286. The predicted molar refractivity (Wildman–Crippen MR) is 42.7 cm³/mol. The highest BCUT2D eigenvalue weighted by Gasteiger charge is 2.20. The third kappa shape index (κ3) is 8.96. The molecule has 80 valence electrons. The molecule has 0 aromatic carbocycles. The van der Waals surface area contributed by atoms with E-state index in [4.69, 9.17) is 0 Å². The van der Waals surface area contributed by atoms with Crippen LogP contribution < -0.4 is 4.79 Å². The Hall–Kier alpha value is -1.14. The summed E-state index contributed by atoms with van der Waals surface area (Å²) in [5.74, 6) is 0. The van der Waals surface area contributed by atoms with Crippen LogP contribution in [-0.4, -0.2) is 7.25 Å². The molecule has 1 aromatic rings. The van der Waals surface area contributed by atoms with Gasteiger partial charge in [-0.1, -0.05) is 6.92 Å². The number of pyridine rings is 1. The van der Waals surface area contributed by atoms with Crippen molar-refractivity contribution in [2.24, 2.45) is 0 Å². The molecule has 0 fully saturated rings. The molecule has 0 atom stereocenters. The summed E-state index contributed by atoms with van der Waals surface area (Å²) in [6, 6.07) is 3.53. The van der Waals surface area contributed by atoms with Crippen molar-refractivity contribution in [3.8, 4) is 0 Å². The van der Waals surface area contributed by atoms with Gasteiger partial charge >= 0.3 is 7.25 Å². The van der Waals surface area contributed by atoms with Crippen LogP contribution in [0.2, 0.25) is 0 Å². The van der Waals surface area contributed by atoms with Crippen LogP contribution in [0.25, 0.3) is 0 Å². The molecule has 0 aliphatic carbocycles. The van der Waals surface area contributed by atoms with Crippen molar-refractivity contribution in [2.75, 3.05) is 0 Å². The van der Waals surface area contributed by atoms with Crippen LogP contribution in [0.15, 0.2) is 24.5 Å². The van der Waals surface area contributed by atoms with Crippen LogP contribution in [-0.2, 0) is 6.42 Å². The first-order valence-corrected chi connectivity index (χ1v) is 3.86. The summed E-state index contributed by atoms with van der Waals surface area (Å²) in [4.78, 5) is 0.541. The normalized spacial score (nSPS) is 10.4. The molecule has 0 N–H and O–H groups in total. The molecule has 0 amide bonds. The van der Waals surface area contributed by atoms with Gasteiger partial charge in [0.1, 0.15) is 0 Å². The van der Waals surface area contributed by atoms with E-state index in [0.717, 1.165) is 12.0 Å². The fourth-order valence-corrected chi connectivity index (χ4v) is 0.675. The molecule has 1 heterocycles. The van der Waals surface area contributed by atoms with E-state index in [9.17, 15) is 21.7 Å². The zero-order valence-electron chi connectivity index (χ0n) is 7.43. The molecule has 0 saturated heterocycles. The van der Waals surface area contributed by atoms with E-state index >= 15 is 0 Å². The lowest BCUT2D eigenvalue weighted by Crippen LogP contribution is -2.19. The zero-order valence-corrected chi connectivity index (χ0v) is 7.43. The highest BCUT2D eigenvalue weighted by atomic mass is 19.5. The summed E-state index contributed by atoms with van der Waals surface area (Å²) in [5, 5.41) is 0. The topological polar surface area (TPSA) is 3.88 Å². The van der Waals surface area contributed by atoms with Gasteiger partial charge in [-0.25, -0.2) is 0 Å². The van der Waals surface area contributed by atoms with Gasteiger partial charge in [0, 0.05) is 16.9 Å².